The molecule has 1 aliphatic rings. The minimum absolute atomic E-state index is 0.136. The van der Waals surface area contributed by atoms with Crippen LogP contribution >= 0.6 is 11.6 Å². The molecule has 1 unspecified atom stereocenters. The molecule has 0 saturated carbocycles. The molecule has 6 nitrogen and oxygen atoms in total. The minimum atomic E-state index is -1.03. The molecule has 1 aromatic carbocycles. The van der Waals surface area contributed by atoms with Crippen molar-refractivity contribution in [2.75, 3.05) is 13.2 Å². The number of halogens is 1. The van der Waals surface area contributed by atoms with Gasteiger partial charge in [-0.05, 0) is 37.0 Å². The van der Waals surface area contributed by atoms with E-state index in [1.807, 2.05) is 42.9 Å². The highest BCUT2D eigenvalue weighted by molar-refractivity contribution is 6.35. The fraction of sp³-hybridized carbons (Fsp3) is 0.480. The Labute approximate surface area is 194 Å². The van der Waals surface area contributed by atoms with Gasteiger partial charge in [0.1, 0.15) is 11.3 Å². The molecule has 1 atom stereocenters. The summed E-state index contributed by atoms with van der Waals surface area (Å²) < 4.78 is 14.1. The van der Waals surface area contributed by atoms with E-state index in [1.54, 1.807) is 0 Å². The van der Waals surface area contributed by atoms with Gasteiger partial charge in [0.2, 0.25) is 0 Å². The first kappa shape index (κ1) is 24.2. The number of dihydropyridines is 1. The Morgan fingerprint density at radius 2 is 1.91 bits per heavy atom. The third kappa shape index (κ3) is 4.97. The molecule has 1 aliphatic heterocycles. The average molecular weight is 461 g/mol. The van der Waals surface area contributed by atoms with Crippen molar-refractivity contribution in [1.29, 1.82) is 0 Å². The molecule has 0 radical (unpaired) electrons. The SMILES string of the molecule is CCCCOC1=C(C(=O)O)C(OCCCC)NC(c2ccc3c(c2)c(Cl)cn3C)=C1CC. The van der Waals surface area contributed by atoms with Gasteiger partial charge >= 0.3 is 5.97 Å². The van der Waals surface area contributed by atoms with E-state index in [0.29, 0.717) is 30.4 Å². The second-order valence-corrected chi connectivity index (χ2v) is 8.43. The Morgan fingerprint density at radius 3 is 2.56 bits per heavy atom. The third-order valence-electron chi connectivity index (χ3n) is 5.70. The Bertz CT molecular complexity index is 1040. The number of fused-ring (bicyclic) bond motifs is 1. The molecule has 0 spiro atoms. The van der Waals surface area contributed by atoms with E-state index in [-0.39, 0.29) is 5.57 Å². The van der Waals surface area contributed by atoms with E-state index in [4.69, 9.17) is 21.1 Å². The first-order valence-electron chi connectivity index (χ1n) is 11.4. The maximum atomic E-state index is 12.3. The molecule has 1 aromatic heterocycles. The topological polar surface area (TPSA) is 72.7 Å². The number of aromatic nitrogens is 1. The highest BCUT2D eigenvalue weighted by atomic mass is 35.5. The van der Waals surface area contributed by atoms with Crippen LogP contribution in [-0.2, 0) is 21.3 Å². The molecule has 174 valence electrons. The van der Waals surface area contributed by atoms with Crippen molar-refractivity contribution < 1.29 is 19.4 Å². The smallest absolute Gasteiger partial charge is 0.339 e. The number of nitrogens with one attached hydrogen (secondary N) is 1. The number of hydrogen-bond acceptors (Lipinski definition) is 4. The van der Waals surface area contributed by atoms with Gasteiger partial charge in [-0.25, -0.2) is 4.79 Å². The summed E-state index contributed by atoms with van der Waals surface area (Å²) in [5.74, 6) is -0.611. The molecule has 0 fully saturated rings. The number of rotatable bonds is 11. The normalized spacial score (nSPS) is 16.6. The number of nitrogens with zero attached hydrogens (tertiary/aromatic N) is 1. The number of carboxylic acid groups (broad SMARTS) is 1. The van der Waals surface area contributed by atoms with Crippen LogP contribution in [-0.4, -0.2) is 35.1 Å². The predicted molar refractivity (Wildman–Crippen MR) is 128 cm³/mol. The molecule has 0 saturated heterocycles. The van der Waals surface area contributed by atoms with Crippen LogP contribution in [0.1, 0.15) is 58.4 Å². The van der Waals surface area contributed by atoms with Gasteiger partial charge in [-0.1, -0.05) is 51.3 Å². The monoisotopic (exact) mass is 460 g/mol. The quantitative estimate of drug-likeness (QED) is 0.411. The lowest BCUT2D eigenvalue weighted by molar-refractivity contribution is -0.134. The van der Waals surface area contributed by atoms with Gasteiger partial charge in [-0.2, -0.15) is 0 Å². The number of carbonyl (C=O) groups is 1. The Morgan fingerprint density at radius 1 is 1.19 bits per heavy atom. The fourth-order valence-corrected chi connectivity index (χ4v) is 4.24. The summed E-state index contributed by atoms with van der Waals surface area (Å²) in [4.78, 5) is 12.3. The zero-order valence-electron chi connectivity index (χ0n) is 19.3. The van der Waals surface area contributed by atoms with Gasteiger partial charge in [0.25, 0.3) is 0 Å². The summed E-state index contributed by atoms with van der Waals surface area (Å²) in [6.07, 6.45) is 5.34. The van der Waals surface area contributed by atoms with Crippen molar-refractivity contribution >= 4 is 34.2 Å². The van der Waals surface area contributed by atoms with Gasteiger partial charge in [0, 0.05) is 36.3 Å². The number of benzene rings is 1. The van der Waals surface area contributed by atoms with Gasteiger partial charge in [-0.15, -0.1) is 0 Å². The molecular formula is C25H33ClN2O4. The molecule has 7 heteroatoms. The van der Waals surface area contributed by atoms with Crippen LogP contribution in [0.2, 0.25) is 5.02 Å². The lowest BCUT2D eigenvalue weighted by atomic mass is 9.94. The molecule has 0 aliphatic carbocycles. The van der Waals surface area contributed by atoms with Crippen LogP contribution in [0.4, 0.5) is 0 Å². The zero-order valence-corrected chi connectivity index (χ0v) is 20.1. The van der Waals surface area contributed by atoms with Crippen LogP contribution in [0.15, 0.2) is 41.3 Å². The predicted octanol–water partition coefficient (Wildman–Crippen LogP) is 5.85. The number of aryl methyl sites for hydroxylation is 1. The van der Waals surface area contributed by atoms with Crippen molar-refractivity contribution in [3.63, 3.8) is 0 Å². The number of unbranched alkanes of at least 4 members (excludes halogenated alkanes) is 2. The number of allylic oxidation sites excluding steroid dienone is 1. The number of hydrogen-bond donors (Lipinski definition) is 2. The van der Waals surface area contributed by atoms with Crippen LogP contribution in [0.3, 0.4) is 0 Å². The molecule has 2 N–H and O–H groups in total. The molecule has 3 rings (SSSR count). The van der Waals surface area contributed by atoms with Crippen molar-refractivity contribution in [3.8, 4) is 0 Å². The van der Waals surface area contributed by atoms with Crippen LogP contribution in [0.5, 0.6) is 0 Å². The first-order valence-corrected chi connectivity index (χ1v) is 11.8. The largest absolute Gasteiger partial charge is 0.492 e. The Balaban J connectivity index is 2.13. The van der Waals surface area contributed by atoms with E-state index < -0.39 is 12.2 Å². The van der Waals surface area contributed by atoms with Crippen molar-refractivity contribution in [2.45, 2.75) is 59.1 Å². The lowest BCUT2D eigenvalue weighted by Crippen LogP contribution is -2.40. The van der Waals surface area contributed by atoms with Crippen LogP contribution in [0, 0.1) is 0 Å². The summed E-state index contributed by atoms with van der Waals surface area (Å²) in [5, 5.41) is 15.0. The summed E-state index contributed by atoms with van der Waals surface area (Å²) in [6, 6.07) is 6.09. The highest BCUT2D eigenvalue weighted by Crippen LogP contribution is 2.36. The van der Waals surface area contributed by atoms with Crippen molar-refractivity contribution in [2.24, 2.45) is 7.05 Å². The Hall–Kier alpha value is -2.44. The number of aliphatic carboxylic acids is 1. The number of carboxylic acids is 1. The van der Waals surface area contributed by atoms with Crippen molar-refractivity contribution in [3.05, 3.63) is 51.9 Å². The Kier molecular flexibility index (Phi) is 8.26. The third-order valence-corrected chi connectivity index (χ3v) is 6.00. The molecular weight excluding hydrogens is 428 g/mol. The highest BCUT2D eigenvalue weighted by Gasteiger charge is 2.35. The minimum Gasteiger partial charge on any atom is -0.492 e. The standard InChI is InChI=1S/C25H33ClN2O4/c1-5-8-12-31-23-17(7-3)22(27-24(21(23)25(29)30)32-13-9-6-2)16-10-11-20-18(14-16)19(26)15-28(20)4/h10-11,14-15,24,27H,5-9,12-13H2,1-4H3,(H,29,30). The molecule has 32 heavy (non-hydrogen) atoms. The molecule has 2 aromatic rings. The van der Waals surface area contributed by atoms with Gasteiger partial charge < -0.3 is 24.5 Å². The van der Waals surface area contributed by atoms with E-state index in [2.05, 4.69) is 19.2 Å². The van der Waals surface area contributed by atoms with E-state index in [9.17, 15) is 9.90 Å². The van der Waals surface area contributed by atoms with Gasteiger partial charge in [0.05, 0.1) is 17.3 Å². The second-order valence-electron chi connectivity index (χ2n) is 8.03. The maximum Gasteiger partial charge on any atom is 0.339 e. The van der Waals surface area contributed by atoms with E-state index in [0.717, 1.165) is 53.4 Å². The van der Waals surface area contributed by atoms with Gasteiger partial charge in [-0.3, -0.25) is 0 Å². The molecule has 0 amide bonds. The van der Waals surface area contributed by atoms with Crippen LogP contribution < -0.4 is 5.32 Å². The zero-order chi connectivity index (χ0) is 23.3. The maximum absolute atomic E-state index is 12.3. The molecule has 0 bridgehead atoms. The average Bonchev–Trinajstić information content (AvgIpc) is 3.06. The van der Waals surface area contributed by atoms with E-state index >= 15 is 0 Å². The second kappa shape index (κ2) is 10.9. The van der Waals surface area contributed by atoms with Gasteiger partial charge in [0.15, 0.2) is 6.23 Å². The fourth-order valence-electron chi connectivity index (χ4n) is 3.94. The summed E-state index contributed by atoms with van der Waals surface area (Å²) in [7, 11) is 1.96. The lowest BCUT2D eigenvalue weighted by Gasteiger charge is -2.32. The summed E-state index contributed by atoms with van der Waals surface area (Å²) in [6.45, 7) is 7.09. The summed E-state index contributed by atoms with van der Waals surface area (Å²) in [5.41, 5.74) is 3.75. The summed E-state index contributed by atoms with van der Waals surface area (Å²) >= 11 is 6.46. The molecule has 2 heterocycles. The van der Waals surface area contributed by atoms with Crippen molar-refractivity contribution in [1.82, 2.24) is 9.88 Å². The van der Waals surface area contributed by atoms with Crippen LogP contribution in [0.25, 0.3) is 16.6 Å². The first-order chi connectivity index (χ1) is 15.4. The number of ether oxygens (including phenoxy) is 2. The van der Waals surface area contributed by atoms with E-state index in [1.165, 1.54) is 0 Å².